The highest BCUT2D eigenvalue weighted by molar-refractivity contribution is 6.30. The lowest BCUT2D eigenvalue weighted by Gasteiger charge is -2.11. The molecule has 0 bridgehead atoms. The van der Waals surface area contributed by atoms with Crippen molar-refractivity contribution >= 4 is 17.3 Å². The third-order valence-electron chi connectivity index (χ3n) is 3.09. The molecule has 2 aromatic rings. The summed E-state index contributed by atoms with van der Waals surface area (Å²) in [5.74, 6) is 0.849. The van der Waals surface area contributed by atoms with Crippen LogP contribution in [0.15, 0.2) is 42.5 Å². The third kappa shape index (κ3) is 3.65. The number of rotatable bonds is 5. The van der Waals surface area contributed by atoms with Crippen LogP contribution in [-0.4, -0.2) is 7.11 Å². The topological polar surface area (TPSA) is 21.3 Å². The Bertz CT molecular complexity index is 537. The molecule has 0 amide bonds. The highest BCUT2D eigenvalue weighted by Gasteiger charge is 2.03. The van der Waals surface area contributed by atoms with Crippen LogP contribution in [0.25, 0.3) is 0 Å². The number of aryl methyl sites for hydroxylation is 1. The van der Waals surface area contributed by atoms with Gasteiger partial charge in [-0.25, -0.2) is 0 Å². The van der Waals surface area contributed by atoms with E-state index in [-0.39, 0.29) is 0 Å². The lowest BCUT2D eigenvalue weighted by Crippen LogP contribution is -2.01. The molecule has 2 rings (SSSR count). The predicted octanol–water partition coefficient (Wildman–Crippen LogP) is 4.52. The van der Waals surface area contributed by atoms with E-state index >= 15 is 0 Å². The Morgan fingerprint density at radius 2 is 1.84 bits per heavy atom. The molecule has 0 heterocycles. The molecule has 0 aromatic heterocycles. The summed E-state index contributed by atoms with van der Waals surface area (Å²) in [5, 5.41) is 4.10. The number of nitrogens with one attached hydrogen (secondary N) is 1. The van der Waals surface area contributed by atoms with Crippen molar-refractivity contribution in [2.45, 2.75) is 19.9 Å². The Morgan fingerprint density at radius 3 is 2.47 bits per heavy atom. The van der Waals surface area contributed by atoms with Gasteiger partial charge in [-0.05, 0) is 42.3 Å². The molecular weight excluding hydrogens is 258 g/mol. The van der Waals surface area contributed by atoms with Crippen molar-refractivity contribution in [3.8, 4) is 5.75 Å². The Labute approximate surface area is 119 Å². The second-order valence-electron chi connectivity index (χ2n) is 4.36. The fourth-order valence-corrected chi connectivity index (χ4v) is 2.14. The van der Waals surface area contributed by atoms with Gasteiger partial charge < -0.3 is 10.1 Å². The second-order valence-corrected chi connectivity index (χ2v) is 4.80. The van der Waals surface area contributed by atoms with Crippen LogP contribution < -0.4 is 10.1 Å². The average Bonchev–Trinajstić information content (AvgIpc) is 2.46. The van der Waals surface area contributed by atoms with Gasteiger partial charge in [-0.15, -0.1) is 0 Å². The van der Waals surface area contributed by atoms with Gasteiger partial charge in [0.1, 0.15) is 5.75 Å². The van der Waals surface area contributed by atoms with E-state index in [0.29, 0.717) is 6.54 Å². The number of benzene rings is 2. The zero-order valence-corrected chi connectivity index (χ0v) is 12.0. The molecule has 100 valence electrons. The minimum atomic E-state index is 0.690. The van der Waals surface area contributed by atoms with Crippen LogP contribution in [0.5, 0.6) is 5.75 Å². The quantitative estimate of drug-likeness (QED) is 0.866. The van der Waals surface area contributed by atoms with Crippen LogP contribution in [0.2, 0.25) is 5.02 Å². The minimum Gasteiger partial charge on any atom is -0.496 e. The Morgan fingerprint density at radius 1 is 1.11 bits per heavy atom. The smallest absolute Gasteiger partial charge is 0.123 e. The molecule has 0 aliphatic heterocycles. The van der Waals surface area contributed by atoms with E-state index < -0.39 is 0 Å². The molecule has 0 spiro atoms. The normalized spacial score (nSPS) is 10.3. The summed E-state index contributed by atoms with van der Waals surface area (Å²) in [6.07, 6.45) is 1.06. The number of halogens is 1. The maximum absolute atomic E-state index is 6.01. The summed E-state index contributed by atoms with van der Waals surface area (Å²) < 4.78 is 5.33. The molecule has 0 radical (unpaired) electrons. The lowest BCUT2D eigenvalue weighted by atomic mass is 10.1. The van der Waals surface area contributed by atoms with E-state index in [0.717, 1.165) is 28.4 Å². The zero-order chi connectivity index (χ0) is 13.7. The number of anilines is 1. The van der Waals surface area contributed by atoms with Gasteiger partial charge in [0.25, 0.3) is 0 Å². The average molecular weight is 276 g/mol. The first-order chi connectivity index (χ1) is 9.22. The van der Waals surface area contributed by atoms with Crippen LogP contribution in [0.4, 0.5) is 5.69 Å². The highest BCUT2D eigenvalue weighted by Crippen LogP contribution is 2.23. The first-order valence-corrected chi connectivity index (χ1v) is 6.76. The highest BCUT2D eigenvalue weighted by atomic mass is 35.5. The summed E-state index contributed by atoms with van der Waals surface area (Å²) in [5.41, 5.74) is 3.49. The molecule has 0 fully saturated rings. The minimum absolute atomic E-state index is 0.690. The summed E-state index contributed by atoms with van der Waals surface area (Å²) >= 11 is 6.01. The molecule has 1 N–H and O–H groups in total. The SMILES string of the molecule is CCc1ccc(NCc2cc(Cl)ccc2OC)cc1. The molecule has 0 saturated heterocycles. The molecule has 0 unspecified atom stereocenters. The van der Waals surface area contributed by atoms with Crippen LogP contribution in [-0.2, 0) is 13.0 Å². The van der Waals surface area contributed by atoms with Crippen molar-refractivity contribution in [1.82, 2.24) is 0 Å². The summed E-state index contributed by atoms with van der Waals surface area (Å²) in [4.78, 5) is 0. The molecule has 0 aliphatic carbocycles. The van der Waals surface area contributed by atoms with E-state index in [1.54, 1.807) is 7.11 Å². The van der Waals surface area contributed by atoms with Gasteiger partial charge in [-0.1, -0.05) is 30.7 Å². The van der Waals surface area contributed by atoms with E-state index in [2.05, 4.69) is 36.5 Å². The fraction of sp³-hybridized carbons (Fsp3) is 0.250. The van der Waals surface area contributed by atoms with Crippen molar-refractivity contribution < 1.29 is 4.74 Å². The van der Waals surface area contributed by atoms with Crippen molar-refractivity contribution in [1.29, 1.82) is 0 Å². The van der Waals surface area contributed by atoms with Gasteiger partial charge in [0.15, 0.2) is 0 Å². The predicted molar refractivity (Wildman–Crippen MR) is 81.2 cm³/mol. The molecule has 2 aromatic carbocycles. The number of methoxy groups -OCH3 is 1. The lowest BCUT2D eigenvalue weighted by molar-refractivity contribution is 0.410. The molecule has 19 heavy (non-hydrogen) atoms. The molecule has 0 aliphatic rings. The van der Waals surface area contributed by atoms with Gasteiger partial charge >= 0.3 is 0 Å². The first-order valence-electron chi connectivity index (χ1n) is 6.38. The standard InChI is InChI=1S/C16H18ClNO/c1-3-12-4-7-15(8-5-12)18-11-13-10-14(17)6-9-16(13)19-2/h4-10,18H,3,11H2,1-2H3. The largest absolute Gasteiger partial charge is 0.496 e. The number of hydrogen-bond acceptors (Lipinski definition) is 2. The van der Waals surface area contributed by atoms with Gasteiger partial charge in [0.05, 0.1) is 7.11 Å². The van der Waals surface area contributed by atoms with E-state index in [1.807, 2.05) is 18.2 Å². The van der Waals surface area contributed by atoms with Gasteiger partial charge in [-0.3, -0.25) is 0 Å². The van der Waals surface area contributed by atoms with Crippen molar-refractivity contribution in [3.05, 3.63) is 58.6 Å². The molecule has 2 nitrogen and oxygen atoms in total. The van der Waals surface area contributed by atoms with Crippen LogP contribution >= 0.6 is 11.6 Å². The van der Waals surface area contributed by atoms with Gasteiger partial charge in [-0.2, -0.15) is 0 Å². The molecule has 3 heteroatoms. The van der Waals surface area contributed by atoms with Crippen molar-refractivity contribution in [2.75, 3.05) is 12.4 Å². The maximum Gasteiger partial charge on any atom is 0.123 e. The van der Waals surface area contributed by atoms with E-state index in [9.17, 15) is 0 Å². The number of hydrogen-bond donors (Lipinski definition) is 1. The Hall–Kier alpha value is -1.67. The Balaban J connectivity index is 2.07. The molecule has 0 atom stereocenters. The number of ether oxygens (including phenoxy) is 1. The first kappa shape index (κ1) is 13.8. The fourth-order valence-electron chi connectivity index (χ4n) is 1.94. The van der Waals surface area contributed by atoms with E-state index in [4.69, 9.17) is 16.3 Å². The van der Waals surface area contributed by atoms with Crippen LogP contribution in [0, 0.1) is 0 Å². The van der Waals surface area contributed by atoms with Crippen LogP contribution in [0.3, 0.4) is 0 Å². The van der Waals surface area contributed by atoms with Crippen LogP contribution in [0.1, 0.15) is 18.1 Å². The van der Waals surface area contributed by atoms with Crippen molar-refractivity contribution in [2.24, 2.45) is 0 Å². The van der Waals surface area contributed by atoms with Crippen molar-refractivity contribution in [3.63, 3.8) is 0 Å². The molecular formula is C16H18ClNO. The maximum atomic E-state index is 6.01. The monoisotopic (exact) mass is 275 g/mol. The summed E-state index contributed by atoms with van der Waals surface area (Å²) in [7, 11) is 1.67. The van der Waals surface area contributed by atoms with Gasteiger partial charge in [0, 0.05) is 22.8 Å². The zero-order valence-electron chi connectivity index (χ0n) is 11.2. The summed E-state index contributed by atoms with van der Waals surface area (Å²) in [6, 6.07) is 14.1. The summed E-state index contributed by atoms with van der Waals surface area (Å²) in [6.45, 7) is 2.84. The second kappa shape index (κ2) is 6.48. The Kier molecular flexibility index (Phi) is 4.69. The van der Waals surface area contributed by atoms with E-state index in [1.165, 1.54) is 5.56 Å². The molecule has 0 saturated carbocycles. The third-order valence-corrected chi connectivity index (χ3v) is 3.32. The van der Waals surface area contributed by atoms with Gasteiger partial charge in [0.2, 0.25) is 0 Å².